The highest BCUT2D eigenvalue weighted by molar-refractivity contribution is 7.92. The maximum absolute atomic E-state index is 15.2. The zero-order chi connectivity index (χ0) is 37.2. The number of benzene rings is 3. The molecule has 14 heteroatoms. The van der Waals surface area contributed by atoms with Crippen molar-refractivity contribution in [1.29, 1.82) is 0 Å². The summed E-state index contributed by atoms with van der Waals surface area (Å²) in [6.07, 6.45) is 4.38. The van der Waals surface area contributed by atoms with E-state index in [2.05, 4.69) is 35.8 Å². The Labute approximate surface area is 293 Å². The molecular weight excluding hydrogens is 678 g/mol. The molecule has 51 heavy (non-hydrogen) atoms. The molecule has 3 N–H and O–H groups in total. The summed E-state index contributed by atoms with van der Waals surface area (Å²) in [6, 6.07) is 14.2. The molecular formula is C37H38FN5O7S. The summed E-state index contributed by atoms with van der Waals surface area (Å²) in [6.45, 7) is 8.07. The standard InChI is InChI=1S/C37H38FN5O7S/c1-22-18-24(14-16-37(2,3)4)8-13-32(22)51(49,50)41-25-9-12-27(29(38)20-25)33(44)40-30(35(46)47)19-23-6-10-26(11-7-23)43-34(45)28-15-17-39-21-31(28)42(5)36(43)48/h6-13,15,17-18,20-21,30,41H,14,16,19H2,1-5H3,(H,40,44)(H,46,47)/t30-/m0/s1. The number of pyridine rings is 1. The molecule has 0 radical (unpaired) electrons. The van der Waals surface area contributed by atoms with Crippen LogP contribution in [0.1, 0.15) is 54.2 Å². The molecule has 0 bridgehead atoms. The number of nitrogens with one attached hydrogen (secondary N) is 2. The topological polar surface area (TPSA) is 169 Å². The number of carbonyl (C=O) groups is 2. The van der Waals surface area contributed by atoms with Crippen LogP contribution in [0.2, 0.25) is 0 Å². The van der Waals surface area contributed by atoms with Crippen molar-refractivity contribution in [2.24, 2.45) is 12.5 Å². The predicted molar refractivity (Wildman–Crippen MR) is 191 cm³/mol. The summed E-state index contributed by atoms with van der Waals surface area (Å²) in [5.41, 5.74) is 0.981. The lowest BCUT2D eigenvalue weighted by atomic mass is 9.88. The number of amides is 1. The zero-order valence-electron chi connectivity index (χ0n) is 28.7. The highest BCUT2D eigenvalue weighted by atomic mass is 32.2. The third kappa shape index (κ3) is 8.23. The van der Waals surface area contributed by atoms with Gasteiger partial charge in [0.15, 0.2) is 0 Å². The van der Waals surface area contributed by atoms with Crippen LogP contribution in [0.15, 0.2) is 93.6 Å². The van der Waals surface area contributed by atoms with Crippen molar-refractivity contribution in [2.45, 2.75) is 57.9 Å². The van der Waals surface area contributed by atoms with Gasteiger partial charge < -0.3 is 10.4 Å². The van der Waals surface area contributed by atoms with Gasteiger partial charge in [0.2, 0.25) is 0 Å². The van der Waals surface area contributed by atoms with Crippen molar-refractivity contribution in [2.75, 3.05) is 4.72 Å². The molecule has 0 aliphatic rings. The van der Waals surface area contributed by atoms with Crippen molar-refractivity contribution < 1.29 is 27.5 Å². The van der Waals surface area contributed by atoms with Crippen molar-refractivity contribution in [1.82, 2.24) is 19.4 Å². The molecule has 1 atom stereocenters. The molecule has 1 amide bonds. The fourth-order valence-corrected chi connectivity index (χ4v) is 6.91. The van der Waals surface area contributed by atoms with E-state index in [0.717, 1.165) is 35.1 Å². The summed E-state index contributed by atoms with van der Waals surface area (Å²) in [4.78, 5) is 55.2. The molecule has 5 aromatic rings. The summed E-state index contributed by atoms with van der Waals surface area (Å²) in [5.74, 6) is -3.47. The van der Waals surface area contributed by atoms with E-state index >= 15 is 4.39 Å². The van der Waals surface area contributed by atoms with Crippen molar-refractivity contribution in [3.8, 4) is 5.69 Å². The second-order valence-corrected chi connectivity index (χ2v) is 15.2. The first-order valence-electron chi connectivity index (χ1n) is 16.1. The smallest absolute Gasteiger partial charge is 0.335 e. The highest BCUT2D eigenvalue weighted by Crippen LogP contribution is 2.25. The number of carboxylic acids is 1. The number of carboxylic acid groups (broad SMARTS) is 1. The fourth-order valence-electron chi connectivity index (χ4n) is 5.64. The van der Waals surface area contributed by atoms with Crippen LogP contribution in [-0.2, 0) is 34.7 Å². The number of aromatic nitrogens is 3. The average Bonchev–Trinajstić information content (AvgIpc) is 3.06. The van der Waals surface area contributed by atoms with E-state index in [-0.39, 0.29) is 33.5 Å². The quantitative estimate of drug-likeness (QED) is 0.176. The summed E-state index contributed by atoms with van der Waals surface area (Å²) in [5, 5.41) is 12.4. The first-order chi connectivity index (χ1) is 23.9. The molecule has 0 aliphatic carbocycles. The van der Waals surface area contributed by atoms with Crippen LogP contribution < -0.4 is 21.3 Å². The first kappa shape index (κ1) is 36.6. The van der Waals surface area contributed by atoms with E-state index in [1.807, 2.05) is 6.07 Å². The third-order valence-corrected chi connectivity index (χ3v) is 10.0. The minimum absolute atomic E-state index is 0.0333. The Morgan fingerprint density at radius 3 is 2.29 bits per heavy atom. The van der Waals surface area contributed by atoms with Gasteiger partial charge in [-0.15, -0.1) is 0 Å². The number of sulfonamides is 1. The fraction of sp³-hybridized carbons (Fsp3) is 0.270. The number of aliphatic carboxylic acids is 1. The van der Waals surface area contributed by atoms with Crippen LogP contribution in [0.3, 0.4) is 0 Å². The second kappa shape index (κ2) is 14.3. The van der Waals surface area contributed by atoms with Crippen LogP contribution in [0, 0.1) is 18.2 Å². The SMILES string of the molecule is Cc1cc(CCC(C)(C)C)ccc1S(=O)(=O)Nc1ccc(C(=O)N[C@@H](Cc2ccc(-n3c(=O)c4ccncc4n(C)c3=O)cc2)C(=O)O)c(F)c1. The predicted octanol–water partition coefficient (Wildman–Crippen LogP) is 4.74. The largest absolute Gasteiger partial charge is 0.480 e. The summed E-state index contributed by atoms with van der Waals surface area (Å²) < 4.78 is 46.1. The van der Waals surface area contributed by atoms with Crippen LogP contribution >= 0.6 is 0 Å². The molecule has 5 rings (SSSR count). The monoisotopic (exact) mass is 715 g/mol. The molecule has 0 saturated heterocycles. The molecule has 12 nitrogen and oxygen atoms in total. The molecule has 3 aromatic carbocycles. The van der Waals surface area contributed by atoms with E-state index < -0.39 is 50.6 Å². The number of carbonyl (C=O) groups excluding carboxylic acids is 1. The molecule has 0 unspecified atom stereocenters. The lowest BCUT2D eigenvalue weighted by Crippen LogP contribution is -2.42. The second-order valence-electron chi connectivity index (χ2n) is 13.6. The minimum Gasteiger partial charge on any atom is -0.480 e. The van der Waals surface area contributed by atoms with E-state index in [1.54, 1.807) is 13.0 Å². The Morgan fingerprint density at radius 1 is 0.980 bits per heavy atom. The van der Waals surface area contributed by atoms with Gasteiger partial charge >= 0.3 is 11.7 Å². The number of halogens is 1. The average molecular weight is 716 g/mol. The molecule has 0 aliphatic heterocycles. The van der Waals surface area contributed by atoms with Gasteiger partial charge in [-0.2, -0.15) is 0 Å². The highest BCUT2D eigenvalue weighted by Gasteiger charge is 2.24. The number of anilines is 1. The Morgan fingerprint density at radius 2 is 1.67 bits per heavy atom. The Balaban J connectivity index is 1.28. The molecule has 266 valence electrons. The van der Waals surface area contributed by atoms with E-state index in [9.17, 15) is 32.7 Å². The number of aryl methyl sites for hydroxylation is 3. The number of hydrogen-bond donors (Lipinski definition) is 3. The van der Waals surface area contributed by atoms with Gasteiger partial charge in [-0.1, -0.05) is 45.0 Å². The van der Waals surface area contributed by atoms with Crippen molar-refractivity contribution in [3.05, 3.63) is 128 Å². The molecule has 2 aromatic heterocycles. The lowest BCUT2D eigenvalue weighted by molar-refractivity contribution is -0.139. The van der Waals surface area contributed by atoms with Gasteiger partial charge in [-0.25, -0.2) is 27.0 Å². The maximum atomic E-state index is 15.2. The third-order valence-electron chi connectivity index (χ3n) is 8.47. The molecule has 0 fully saturated rings. The Kier molecular flexibility index (Phi) is 10.3. The Bertz CT molecular complexity index is 2380. The molecule has 0 spiro atoms. The van der Waals surface area contributed by atoms with E-state index in [1.165, 1.54) is 66.5 Å². The van der Waals surface area contributed by atoms with Crippen LogP contribution in [0.5, 0.6) is 0 Å². The van der Waals surface area contributed by atoms with E-state index in [4.69, 9.17) is 0 Å². The number of rotatable bonds is 11. The first-order valence-corrected chi connectivity index (χ1v) is 17.5. The van der Waals surface area contributed by atoms with Gasteiger partial charge in [0.05, 0.1) is 38.9 Å². The molecule has 0 saturated carbocycles. The van der Waals surface area contributed by atoms with Gasteiger partial charge in [-0.05, 0) is 84.3 Å². The summed E-state index contributed by atoms with van der Waals surface area (Å²) >= 11 is 0. The zero-order valence-corrected chi connectivity index (χ0v) is 29.5. The van der Waals surface area contributed by atoms with Crippen LogP contribution in [0.4, 0.5) is 10.1 Å². The van der Waals surface area contributed by atoms with Crippen LogP contribution in [0.25, 0.3) is 16.6 Å². The minimum atomic E-state index is -4.09. The number of hydrogen-bond acceptors (Lipinski definition) is 7. The number of fused-ring (bicyclic) bond motifs is 1. The van der Waals surface area contributed by atoms with Crippen LogP contribution in [-0.4, -0.2) is 45.6 Å². The van der Waals surface area contributed by atoms with E-state index in [0.29, 0.717) is 16.6 Å². The maximum Gasteiger partial charge on any atom is 0.335 e. The van der Waals surface area contributed by atoms with Crippen molar-refractivity contribution in [3.63, 3.8) is 0 Å². The lowest BCUT2D eigenvalue weighted by Gasteiger charge is -2.18. The van der Waals surface area contributed by atoms with Gasteiger partial charge in [0.1, 0.15) is 11.9 Å². The number of nitrogens with zero attached hydrogens (tertiary/aromatic N) is 3. The summed E-state index contributed by atoms with van der Waals surface area (Å²) in [7, 11) is -2.58. The van der Waals surface area contributed by atoms with Gasteiger partial charge in [0.25, 0.3) is 21.5 Å². The normalized spacial score (nSPS) is 12.4. The molecule has 2 heterocycles. The van der Waals surface area contributed by atoms with Crippen molar-refractivity contribution >= 4 is 38.5 Å². The Hall–Kier alpha value is -5.63. The van der Waals surface area contributed by atoms with Gasteiger partial charge in [0, 0.05) is 19.7 Å². The van der Waals surface area contributed by atoms with Gasteiger partial charge in [-0.3, -0.25) is 23.9 Å².